The summed E-state index contributed by atoms with van der Waals surface area (Å²) in [5.41, 5.74) is -0.452. The van der Waals surface area contributed by atoms with Crippen LogP contribution in [0.15, 0.2) is 0 Å². The maximum Gasteiger partial charge on any atom is 0.236 e. The molecule has 0 aliphatic carbocycles. The molecule has 0 heterocycles. The van der Waals surface area contributed by atoms with E-state index in [1.807, 2.05) is 13.8 Å². The topological polar surface area (TPSA) is 61.4 Å². The second kappa shape index (κ2) is 4.58. The molecule has 0 rings (SSSR count). The van der Waals surface area contributed by atoms with Crippen LogP contribution in [0.5, 0.6) is 0 Å². The summed E-state index contributed by atoms with van der Waals surface area (Å²) in [6.45, 7) is 7.18. The van der Waals surface area contributed by atoms with Gasteiger partial charge in [0.05, 0.1) is 12.1 Å². The van der Waals surface area contributed by atoms with E-state index in [-0.39, 0.29) is 11.9 Å². The molecule has 0 aliphatic rings. The molecule has 2 unspecified atom stereocenters. The fraction of sp³-hybridized carbons (Fsp3) is 0.889. The lowest BCUT2D eigenvalue weighted by molar-refractivity contribution is -0.123. The van der Waals surface area contributed by atoms with E-state index in [1.54, 1.807) is 20.9 Å². The van der Waals surface area contributed by atoms with E-state index in [2.05, 4.69) is 10.6 Å². The quantitative estimate of drug-likeness (QED) is 0.576. The van der Waals surface area contributed by atoms with Gasteiger partial charge in [0.2, 0.25) is 5.91 Å². The molecule has 0 fully saturated rings. The summed E-state index contributed by atoms with van der Waals surface area (Å²) < 4.78 is 0. The molecule has 3 N–H and O–H groups in total. The summed E-state index contributed by atoms with van der Waals surface area (Å²) in [4.78, 5) is 11.2. The lowest BCUT2D eigenvalue weighted by Crippen LogP contribution is -2.55. The molecule has 2 atom stereocenters. The Morgan fingerprint density at radius 2 is 1.85 bits per heavy atom. The first-order valence-corrected chi connectivity index (χ1v) is 4.48. The van der Waals surface area contributed by atoms with E-state index in [1.165, 1.54) is 0 Å². The molecule has 78 valence electrons. The van der Waals surface area contributed by atoms with Crippen molar-refractivity contribution in [1.82, 2.24) is 10.6 Å². The Labute approximate surface area is 79.7 Å². The van der Waals surface area contributed by atoms with Gasteiger partial charge in [0.15, 0.2) is 0 Å². The van der Waals surface area contributed by atoms with Gasteiger partial charge in [-0.3, -0.25) is 10.1 Å². The smallest absolute Gasteiger partial charge is 0.236 e. The van der Waals surface area contributed by atoms with Crippen molar-refractivity contribution in [2.75, 3.05) is 7.05 Å². The van der Waals surface area contributed by atoms with Crippen molar-refractivity contribution >= 4 is 5.91 Å². The lowest BCUT2D eigenvalue weighted by Gasteiger charge is -2.32. The number of amides is 1. The zero-order valence-corrected chi connectivity index (χ0v) is 9.01. The maximum absolute atomic E-state index is 11.2. The predicted octanol–water partition coefficient (Wildman–Crippen LogP) is -0.130. The molecule has 1 amide bonds. The van der Waals surface area contributed by atoms with E-state index in [0.29, 0.717) is 0 Å². The third-order valence-corrected chi connectivity index (χ3v) is 2.27. The number of carbonyl (C=O) groups is 1. The fourth-order valence-electron chi connectivity index (χ4n) is 0.961. The highest BCUT2D eigenvalue weighted by Gasteiger charge is 2.27. The Hall–Kier alpha value is -0.610. The van der Waals surface area contributed by atoms with Crippen LogP contribution in [0.4, 0.5) is 0 Å². The van der Waals surface area contributed by atoms with Crippen molar-refractivity contribution in [2.45, 2.75) is 45.4 Å². The van der Waals surface area contributed by atoms with Crippen LogP contribution < -0.4 is 10.6 Å². The predicted molar refractivity (Wildman–Crippen MR) is 52.4 cm³/mol. The molecule has 0 aromatic carbocycles. The Kier molecular flexibility index (Phi) is 4.36. The highest BCUT2D eigenvalue weighted by atomic mass is 16.3. The monoisotopic (exact) mass is 188 g/mol. The molecule has 0 saturated heterocycles. The molecule has 0 radical (unpaired) electrons. The summed E-state index contributed by atoms with van der Waals surface area (Å²) in [6, 6.07) is -0.297. The minimum atomic E-state index is -0.500. The summed E-state index contributed by atoms with van der Waals surface area (Å²) in [5, 5.41) is 15.0. The Morgan fingerprint density at radius 1 is 1.38 bits per heavy atom. The Balaban J connectivity index is 4.19. The zero-order valence-electron chi connectivity index (χ0n) is 9.01. The number of carbonyl (C=O) groups excluding carboxylic acids is 1. The van der Waals surface area contributed by atoms with Gasteiger partial charge in [-0.15, -0.1) is 0 Å². The average molecular weight is 188 g/mol. The van der Waals surface area contributed by atoms with Crippen molar-refractivity contribution in [1.29, 1.82) is 0 Å². The molecule has 0 aromatic heterocycles. The van der Waals surface area contributed by atoms with Gasteiger partial charge in [0.25, 0.3) is 0 Å². The van der Waals surface area contributed by atoms with Crippen LogP contribution in [-0.4, -0.2) is 35.7 Å². The van der Waals surface area contributed by atoms with Gasteiger partial charge in [-0.2, -0.15) is 0 Å². The first-order chi connectivity index (χ1) is 5.81. The number of hydrogen-bond donors (Lipinski definition) is 3. The molecular formula is C9H20N2O2. The fourth-order valence-corrected chi connectivity index (χ4v) is 0.961. The van der Waals surface area contributed by atoms with E-state index < -0.39 is 11.6 Å². The van der Waals surface area contributed by atoms with Gasteiger partial charge >= 0.3 is 0 Å². The number of rotatable bonds is 4. The highest BCUT2D eigenvalue weighted by Crippen LogP contribution is 2.09. The van der Waals surface area contributed by atoms with Crippen LogP contribution in [0.2, 0.25) is 0 Å². The molecule has 4 nitrogen and oxygen atoms in total. The minimum Gasteiger partial charge on any atom is -0.392 e. The number of aliphatic hydroxyl groups is 1. The van der Waals surface area contributed by atoms with Crippen LogP contribution in [0.1, 0.15) is 27.7 Å². The highest BCUT2D eigenvalue weighted by molar-refractivity contribution is 5.81. The van der Waals surface area contributed by atoms with Gasteiger partial charge in [0, 0.05) is 12.6 Å². The number of hydrogen-bond acceptors (Lipinski definition) is 3. The summed E-state index contributed by atoms with van der Waals surface area (Å²) >= 11 is 0. The zero-order chi connectivity index (χ0) is 10.6. The second-order valence-electron chi connectivity index (χ2n) is 3.88. The molecule has 13 heavy (non-hydrogen) atoms. The number of nitrogens with one attached hydrogen (secondary N) is 2. The minimum absolute atomic E-state index is 0.0753. The van der Waals surface area contributed by atoms with Crippen molar-refractivity contribution in [3.05, 3.63) is 0 Å². The second-order valence-corrected chi connectivity index (χ2v) is 3.88. The van der Waals surface area contributed by atoms with Crippen LogP contribution in [-0.2, 0) is 4.79 Å². The molecule has 0 aromatic rings. The van der Waals surface area contributed by atoms with E-state index in [9.17, 15) is 9.90 Å². The standard InChI is InChI=1S/C9H20N2O2/c1-6(8(13)10-5)11-9(3,4)7(2)12/h6-7,11-12H,1-5H3,(H,10,13). The summed E-state index contributed by atoms with van der Waals surface area (Å²) in [7, 11) is 1.59. The average Bonchev–Trinajstić information content (AvgIpc) is 2.01. The molecule has 0 spiro atoms. The lowest BCUT2D eigenvalue weighted by atomic mass is 9.97. The van der Waals surface area contributed by atoms with Crippen LogP contribution in [0.3, 0.4) is 0 Å². The van der Waals surface area contributed by atoms with Crippen LogP contribution in [0, 0.1) is 0 Å². The Morgan fingerprint density at radius 3 is 2.15 bits per heavy atom. The normalized spacial score (nSPS) is 16.5. The van der Waals surface area contributed by atoms with E-state index in [4.69, 9.17) is 0 Å². The summed E-state index contributed by atoms with van der Waals surface area (Å²) in [6.07, 6.45) is -0.500. The molecule has 4 heteroatoms. The molecule has 0 saturated carbocycles. The van der Waals surface area contributed by atoms with Gasteiger partial charge < -0.3 is 10.4 Å². The first-order valence-electron chi connectivity index (χ1n) is 4.48. The van der Waals surface area contributed by atoms with E-state index >= 15 is 0 Å². The largest absolute Gasteiger partial charge is 0.392 e. The van der Waals surface area contributed by atoms with Crippen molar-refractivity contribution in [3.63, 3.8) is 0 Å². The van der Waals surface area contributed by atoms with Crippen molar-refractivity contribution in [2.24, 2.45) is 0 Å². The third-order valence-electron chi connectivity index (χ3n) is 2.27. The third kappa shape index (κ3) is 3.74. The van der Waals surface area contributed by atoms with Gasteiger partial charge in [-0.1, -0.05) is 0 Å². The molecule has 0 aliphatic heterocycles. The van der Waals surface area contributed by atoms with Gasteiger partial charge in [0.1, 0.15) is 0 Å². The SMILES string of the molecule is CNC(=O)C(C)NC(C)(C)C(C)O. The first kappa shape index (κ1) is 12.4. The van der Waals surface area contributed by atoms with Crippen LogP contribution >= 0.6 is 0 Å². The van der Waals surface area contributed by atoms with E-state index in [0.717, 1.165) is 0 Å². The van der Waals surface area contributed by atoms with Gasteiger partial charge in [-0.25, -0.2) is 0 Å². The molecular weight excluding hydrogens is 168 g/mol. The van der Waals surface area contributed by atoms with Crippen molar-refractivity contribution in [3.8, 4) is 0 Å². The Bertz CT molecular complexity index is 178. The number of likely N-dealkylation sites (N-methyl/N-ethyl adjacent to an activating group) is 1. The van der Waals surface area contributed by atoms with Crippen molar-refractivity contribution < 1.29 is 9.90 Å². The van der Waals surface area contributed by atoms with Crippen LogP contribution in [0.25, 0.3) is 0 Å². The molecule has 0 bridgehead atoms. The number of aliphatic hydroxyl groups excluding tert-OH is 1. The van der Waals surface area contributed by atoms with Gasteiger partial charge in [-0.05, 0) is 27.7 Å². The summed E-state index contributed by atoms with van der Waals surface area (Å²) in [5.74, 6) is -0.0753. The maximum atomic E-state index is 11.2.